The van der Waals surface area contributed by atoms with Crippen molar-refractivity contribution in [2.45, 2.75) is 0 Å². The Morgan fingerprint density at radius 2 is 2.46 bits per heavy atom. The van der Waals surface area contributed by atoms with Crippen molar-refractivity contribution in [3.8, 4) is 11.2 Å². The largest absolute Gasteiger partial charge is 0.282 e. The van der Waals surface area contributed by atoms with Crippen molar-refractivity contribution in [3.63, 3.8) is 0 Å². The van der Waals surface area contributed by atoms with E-state index in [2.05, 4.69) is 9.97 Å². The smallest absolute Gasteiger partial charge is 0.197 e. The van der Waals surface area contributed by atoms with Gasteiger partial charge in [0.05, 0.1) is 0 Å². The van der Waals surface area contributed by atoms with Crippen molar-refractivity contribution >= 4 is 22.9 Å². The van der Waals surface area contributed by atoms with Crippen molar-refractivity contribution in [2.24, 2.45) is 0 Å². The van der Waals surface area contributed by atoms with Crippen LogP contribution in [0.15, 0.2) is 18.7 Å². The summed E-state index contributed by atoms with van der Waals surface area (Å²) in [6.45, 7) is 0. The molecule has 0 saturated carbocycles. The minimum absolute atomic E-state index is 0.246. The molecule has 0 spiro atoms. The van der Waals surface area contributed by atoms with Gasteiger partial charge >= 0.3 is 0 Å². The molecule has 0 aliphatic carbocycles. The number of rotatable bonds is 1. The lowest BCUT2D eigenvalue weighted by Gasteiger charge is -1.90. The number of hydrogen-bond acceptors (Lipinski definition) is 4. The molecule has 4 nitrogen and oxygen atoms in total. The third-order valence-corrected chi connectivity index (χ3v) is 2.76. The molecule has 64 valence electrons. The molecule has 0 atom stereocenters. The maximum absolute atomic E-state index is 8.64. The summed E-state index contributed by atoms with van der Waals surface area (Å²) in [5.74, 6) is 0. The van der Waals surface area contributed by atoms with E-state index in [9.17, 15) is 0 Å². The molecule has 13 heavy (non-hydrogen) atoms. The monoisotopic (exact) mass is 210 g/mol. The topological polar surface area (TPSA) is 54.5 Å². The molecule has 0 radical (unpaired) electrons. The lowest BCUT2D eigenvalue weighted by Crippen LogP contribution is -1.86. The highest BCUT2D eigenvalue weighted by molar-refractivity contribution is 7.15. The highest BCUT2D eigenvalue weighted by Crippen LogP contribution is 2.24. The minimum Gasteiger partial charge on any atom is -0.282 e. The van der Waals surface area contributed by atoms with Gasteiger partial charge in [0.25, 0.3) is 0 Å². The first-order valence-corrected chi connectivity index (χ1v) is 4.55. The molecule has 2 aromatic heterocycles. The van der Waals surface area contributed by atoms with Crippen molar-refractivity contribution in [1.82, 2.24) is 14.5 Å². The van der Waals surface area contributed by atoms with Crippen LogP contribution in [-0.2, 0) is 0 Å². The fraction of sp³-hybridized carbons (Fsp3) is 0. The van der Waals surface area contributed by atoms with Gasteiger partial charge in [-0.3, -0.25) is 4.57 Å². The van der Waals surface area contributed by atoms with E-state index >= 15 is 0 Å². The predicted molar refractivity (Wildman–Crippen MR) is 49.0 cm³/mol. The van der Waals surface area contributed by atoms with Crippen LogP contribution in [0.25, 0.3) is 5.13 Å². The molecule has 0 bridgehead atoms. The number of halogens is 1. The van der Waals surface area contributed by atoms with E-state index in [4.69, 9.17) is 16.9 Å². The maximum atomic E-state index is 8.64. The van der Waals surface area contributed by atoms with Gasteiger partial charge in [0.2, 0.25) is 0 Å². The molecule has 0 aliphatic heterocycles. The third-order valence-electron chi connectivity index (χ3n) is 1.40. The van der Waals surface area contributed by atoms with Crippen LogP contribution >= 0.6 is 22.9 Å². The number of hydrogen-bond donors (Lipinski definition) is 0. The van der Waals surface area contributed by atoms with Gasteiger partial charge in [-0.25, -0.2) is 9.97 Å². The van der Waals surface area contributed by atoms with E-state index in [1.54, 1.807) is 23.3 Å². The fourth-order valence-corrected chi connectivity index (χ4v) is 1.84. The first kappa shape index (κ1) is 8.23. The molecule has 0 amide bonds. The van der Waals surface area contributed by atoms with E-state index in [-0.39, 0.29) is 5.15 Å². The molecular weight excluding hydrogens is 208 g/mol. The van der Waals surface area contributed by atoms with Crippen molar-refractivity contribution in [2.75, 3.05) is 0 Å². The fourth-order valence-electron chi connectivity index (χ4n) is 0.843. The lowest BCUT2D eigenvalue weighted by atomic mass is 10.6. The van der Waals surface area contributed by atoms with Crippen LogP contribution in [0.1, 0.15) is 4.88 Å². The van der Waals surface area contributed by atoms with Gasteiger partial charge in [0.1, 0.15) is 17.3 Å². The Kier molecular flexibility index (Phi) is 2.00. The van der Waals surface area contributed by atoms with Crippen LogP contribution in [0.4, 0.5) is 0 Å². The number of imidazole rings is 1. The minimum atomic E-state index is 0.246. The summed E-state index contributed by atoms with van der Waals surface area (Å²) < 4.78 is 1.71. The Bertz CT molecular complexity index is 453. The lowest BCUT2D eigenvalue weighted by molar-refractivity contribution is 1.03. The van der Waals surface area contributed by atoms with Gasteiger partial charge in [-0.1, -0.05) is 22.9 Å². The molecule has 0 saturated heterocycles. The summed E-state index contributed by atoms with van der Waals surface area (Å²) in [6.07, 6.45) is 4.99. The van der Waals surface area contributed by atoms with Gasteiger partial charge in [-0.15, -0.1) is 0 Å². The molecule has 2 heterocycles. The van der Waals surface area contributed by atoms with E-state index in [1.165, 1.54) is 11.3 Å². The van der Waals surface area contributed by atoms with E-state index in [1.807, 2.05) is 6.07 Å². The Balaban J connectivity index is 2.50. The molecule has 0 aliphatic rings. The van der Waals surface area contributed by atoms with Crippen LogP contribution in [-0.4, -0.2) is 14.5 Å². The zero-order valence-corrected chi connectivity index (χ0v) is 7.88. The van der Waals surface area contributed by atoms with Crippen LogP contribution < -0.4 is 0 Å². The summed E-state index contributed by atoms with van der Waals surface area (Å²) in [7, 11) is 0. The van der Waals surface area contributed by atoms with Crippen molar-refractivity contribution in [1.29, 1.82) is 5.26 Å². The van der Waals surface area contributed by atoms with Gasteiger partial charge in [0.15, 0.2) is 10.3 Å². The molecular formula is C7H3ClN4S. The molecule has 0 N–H and O–H groups in total. The Labute approximate surface area is 83.0 Å². The number of nitriles is 1. The highest BCUT2D eigenvalue weighted by Gasteiger charge is 2.08. The van der Waals surface area contributed by atoms with E-state index < -0.39 is 0 Å². The van der Waals surface area contributed by atoms with Gasteiger partial charge in [-0.05, 0) is 0 Å². The predicted octanol–water partition coefficient (Wildman–Crippen LogP) is 1.85. The van der Waals surface area contributed by atoms with Crippen LogP contribution in [0, 0.1) is 11.3 Å². The van der Waals surface area contributed by atoms with Crippen LogP contribution in [0.2, 0.25) is 5.15 Å². The normalized spacial score (nSPS) is 9.85. The summed E-state index contributed by atoms with van der Waals surface area (Å²) >= 11 is 6.94. The highest BCUT2D eigenvalue weighted by atomic mass is 35.5. The third kappa shape index (κ3) is 1.41. The molecule has 6 heteroatoms. The van der Waals surface area contributed by atoms with E-state index in [0.717, 1.165) is 0 Å². The summed E-state index contributed by atoms with van der Waals surface area (Å²) in [4.78, 5) is 8.30. The second kappa shape index (κ2) is 3.17. The molecule has 2 rings (SSSR count). The Hall–Kier alpha value is -1.38. The van der Waals surface area contributed by atoms with Gasteiger partial charge in [-0.2, -0.15) is 5.26 Å². The van der Waals surface area contributed by atoms with Crippen LogP contribution in [0.5, 0.6) is 0 Å². The quantitative estimate of drug-likeness (QED) is 0.722. The second-order valence-corrected chi connectivity index (χ2v) is 3.53. The summed E-state index contributed by atoms with van der Waals surface area (Å²) in [6, 6.07) is 1.97. The summed E-state index contributed by atoms with van der Waals surface area (Å²) in [5, 5.41) is 9.54. The standard InChI is InChI=1S/C7H3ClN4S/c8-6-5(3-9)13-7(11-6)12-2-1-10-4-12/h1-2,4H. The van der Waals surface area contributed by atoms with E-state index in [0.29, 0.717) is 10.0 Å². The molecule has 0 fully saturated rings. The number of aromatic nitrogens is 3. The average Bonchev–Trinajstić information content (AvgIpc) is 2.71. The first-order chi connectivity index (χ1) is 6.31. The Morgan fingerprint density at radius 1 is 1.62 bits per heavy atom. The second-order valence-electron chi connectivity index (χ2n) is 2.20. The molecule has 0 unspecified atom stereocenters. The van der Waals surface area contributed by atoms with Gasteiger partial charge in [0, 0.05) is 12.4 Å². The zero-order valence-electron chi connectivity index (χ0n) is 6.31. The molecule has 2 aromatic rings. The average molecular weight is 211 g/mol. The maximum Gasteiger partial charge on any atom is 0.197 e. The number of thiazole rings is 1. The molecule has 0 aromatic carbocycles. The summed E-state index contributed by atoms with van der Waals surface area (Å²) in [5.41, 5.74) is 0. The Morgan fingerprint density at radius 3 is 3.00 bits per heavy atom. The van der Waals surface area contributed by atoms with Gasteiger partial charge < -0.3 is 0 Å². The van der Waals surface area contributed by atoms with Crippen molar-refractivity contribution in [3.05, 3.63) is 28.8 Å². The van der Waals surface area contributed by atoms with Crippen molar-refractivity contribution < 1.29 is 0 Å². The SMILES string of the molecule is N#Cc1sc(-n2ccnc2)nc1Cl. The van der Waals surface area contributed by atoms with Crippen LogP contribution in [0.3, 0.4) is 0 Å². The first-order valence-electron chi connectivity index (χ1n) is 3.36. The zero-order chi connectivity index (χ0) is 9.26. The number of nitrogens with zero attached hydrogens (tertiary/aromatic N) is 4.